The van der Waals surface area contributed by atoms with E-state index >= 15 is 0 Å². The zero-order chi connectivity index (χ0) is 43.2. The van der Waals surface area contributed by atoms with Crippen molar-refractivity contribution in [1.82, 2.24) is 24.1 Å². The van der Waals surface area contributed by atoms with E-state index in [4.69, 9.17) is 15.0 Å². The van der Waals surface area contributed by atoms with Crippen LogP contribution in [-0.2, 0) is 10.8 Å². The largest absolute Gasteiger partial charge is 0.307 e. The Kier molecular flexibility index (Phi) is 8.61. The summed E-state index contributed by atoms with van der Waals surface area (Å²) in [4.78, 5) is 15.8. The standard InChI is InChI=1S/C59H47N5/c1-58(2)35-36-59(3,4)50-37-43(29-34-49(50)58)40-27-30-44(31-28-40)63-51-21-13-11-19-45(51)47-32-33-48-46-20-12-14-22-52(46)64(54(48)53(47)63)57-61-55(41-17-9-6-10-18-41)60-56(62-57)42-25-23-39(24-26-42)38-15-7-5-8-16-38/h5-34,37H,35-36H2,1-4H3. The molecule has 0 amide bonds. The molecular formula is C59H47N5. The summed E-state index contributed by atoms with van der Waals surface area (Å²) in [6.45, 7) is 9.59. The number of rotatable bonds is 6. The van der Waals surface area contributed by atoms with Gasteiger partial charge >= 0.3 is 0 Å². The molecule has 0 fully saturated rings. The summed E-state index contributed by atoms with van der Waals surface area (Å²) in [7, 11) is 0. The van der Waals surface area contributed by atoms with Crippen molar-refractivity contribution in [3.63, 3.8) is 0 Å². The van der Waals surface area contributed by atoms with Gasteiger partial charge in [0.15, 0.2) is 11.6 Å². The van der Waals surface area contributed by atoms with Crippen molar-refractivity contribution >= 4 is 43.6 Å². The summed E-state index contributed by atoms with van der Waals surface area (Å²) >= 11 is 0. The number of hydrogen-bond donors (Lipinski definition) is 0. The third-order valence-electron chi connectivity index (χ3n) is 13.9. The summed E-state index contributed by atoms with van der Waals surface area (Å²) in [6, 6.07) is 67.5. The number of benzene rings is 8. The molecule has 308 valence electrons. The Morgan fingerprint density at radius 1 is 0.359 bits per heavy atom. The minimum absolute atomic E-state index is 0.141. The van der Waals surface area contributed by atoms with Crippen LogP contribution in [0, 0.1) is 0 Å². The maximum Gasteiger partial charge on any atom is 0.238 e. The normalized spacial score (nSPS) is 14.4. The van der Waals surface area contributed by atoms with Crippen molar-refractivity contribution in [3.8, 4) is 56.7 Å². The summed E-state index contributed by atoms with van der Waals surface area (Å²) in [5, 5.41) is 4.64. The molecule has 0 aliphatic heterocycles. The smallest absolute Gasteiger partial charge is 0.238 e. The van der Waals surface area contributed by atoms with Gasteiger partial charge in [0.25, 0.3) is 0 Å². The highest BCUT2D eigenvalue weighted by molar-refractivity contribution is 6.23. The zero-order valence-corrected chi connectivity index (χ0v) is 36.5. The van der Waals surface area contributed by atoms with Gasteiger partial charge in [0, 0.05) is 38.4 Å². The van der Waals surface area contributed by atoms with Crippen LogP contribution in [0.15, 0.2) is 188 Å². The van der Waals surface area contributed by atoms with Gasteiger partial charge in [-0.3, -0.25) is 4.57 Å². The van der Waals surface area contributed by atoms with Gasteiger partial charge in [-0.05, 0) is 81.3 Å². The van der Waals surface area contributed by atoms with Crippen LogP contribution in [0.4, 0.5) is 0 Å². The van der Waals surface area contributed by atoms with E-state index in [1.807, 2.05) is 24.3 Å². The van der Waals surface area contributed by atoms with E-state index in [1.54, 1.807) is 0 Å². The highest BCUT2D eigenvalue weighted by atomic mass is 15.2. The van der Waals surface area contributed by atoms with Crippen LogP contribution in [0.2, 0.25) is 0 Å². The highest BCUT2D eigenvalue weighted by Crippen LogP contribution is 2.47. The molecule has 0 spiro atoms. The Bertz CT molecular complexity index is 3580. The maximum atomic E-state index is 5.36. The van der Waals surface area contributed by atoms with Crippen molar-refractivity contribution in [2.45, 2.75) is 51.4 Å². The Balaban J connectivity index is 1.08. The average Bonchev–Trinajstić information content (AvgIpc) is 3.87. The second kappa shape index (κ2) is 14.5. The fourth-order valence-electron chi connectivity index (χ4n) is 10.3. The van der Waals surface area contributed by atoms with Crippen molar-refractivity contribution < 1.29 is 0 Å². The van der Waals surface area contributed by atoms with Gasteiger partial charge in [-0.1, -0.05) is 191 Å². The van der Waals surface area contributed by atoms with Crippen LogP contribution in [0.3, 0.4) is 0 Å². The predicted octanol–water partition coefficient (Wildman–Crippen LogP) is 15.1. The van der Waals surface area contributed by atoms with Crippen molar-refractivity contribution in [2.75, 3.05) is 0 Å². The van der Waals surface area contributed by atoms with Gasteiger partial charge in [0.2, 0.25) is 5.95 Å². The van der Waals surface area contributed by atoms with Gasteiger partial charge in [0.05, 0.1) is 22.1 Å². The van der Waals surface area contributed by atoms with E-state index in [2.05, 4.69) is 201 Å². The van der Waals surface area contributed by atoms with Gasteiger partial charge in [-0.25, -0.2) is 4.98 Å². The molecule has 64 heavy (non-hydrogen) atoms. The minimum Gasteiger partial charge on any atom is -0.307 e. The van der Waals surface area contributed by atoms with E-state index in [0.717, 1.165) is 55.2 Å². The van der Waals surface area contributed by atoms with Crippen LogP contribution in [0.5, 0.6) is 0 Å². The highest BCUT2D eigenvalue weighted by Gasteiger charge is 2.37. The Hall–Kier alpha value is -7.63. The Labute approximate surface area is 373 Å². The first kappa shape index (κ1) is 38.1. The SMILES string of the molecule is CC1(C)CCC(C)(C)c2cc(-c3ccc(-n4c5ccccc5c5ccc6c7ccccc7n(-c7nc(-c8ccccc8)nc(-c8ccc(-c9ccccc9)cc8)n7)c6c54)cc3)ccc21. The summed E-state index contributed by atoms with van der Waals surface area (Å²) < 4.78 is 4.70. The first-order valence-electron chi connectivity index (χ1n) is 22.4. The number of para-hydroxylation sites is 2. The molecule has 12 rings (SSSR count). The second-order valence-electron chi connectivity index (χ2n) is 18.7. The maximum absolute atomic E-state index is 5.36. The fraction of sp³-hybridized carbons (Fsp3) is 0.136. The molecule has 0 saturated carbocycles. The monoisotopic (exact) mass is 825 g/mol. The summed E-state index contributed by atoms with van der Waals surface area (Å²) in [6.07, 6.45) is 2.40. The lowest BCUT2D eigenvalue weighted by Gasteiger charge is -2.42. The molecule has 0 bridgehead atoms. The van der Waals surface area contributed by atoms with Crippen LogP contribution in [0.1, 0.15) is 51.7 Å². The molecule has 0 radical (unpaired) electrons. The van der Waals surface area contributed by atoms with Gasteiger partial charge in [-0.2, -0.15) is 9.97 Å². The molecule has 0 N–H and O–H groups in total. The lowest BCUT2D eigenvalue weighted by molar-refractivity contribution is 0.332. The van der Waals surface area contributed by atoms with Crippen molar-refractivity contribution in [3.05, 3.63) is 199 Å². The number of hydrogen-bond acceptors (Lipinski definition) is 3. The molecule has 0 unspecified atom stereocenters. The topological polar surface area (TPSA) is 48.5 Å². The molecule has 0 saturated heterocycles. The van der Waals surface area contributed by atoms with Gasteiger partial charge in [0.1, 0.15) is 0 Å². The fourth-order valence-corrected chi connectivity index (χ4v) is 10.3. The lowest BCUT2D eigenvalue weighted by atomic mass is 9.63. The van der Waals surface area contributed by atoms with Gasteiger partial charge in [-0.15, -0.1) is 0 Å². The molecule has 5 heteroatoms. The van der Waals surface area contributed by atoms with E-state index in [1.165, 1.54) is 51.4 Å². The van der Waals surface area contributed by atoms with Crippen LogP contribution in [-0.4, -0.2) is 24.1 Å². The van der Waals surface area contributed by atoms with E-state index in [-0.39, 0.29) is 10.8 Å². The summed E-state index contributed by atoms with van der Waals surface area (Å²) in [5.74, 6) is 1.81. The van der Waals surface area contributed by atoms with Crippen LogP contribution in [0.25, 0.3) is 100 Å². The first-order valence-corrected chi connectivity index (χ1v) is 22.4. The van der Waals surface area contributed by atoms with E-state index in [9.17, 15) is 0 Å². The molecular weight excluding hydrogens is 779 g/mol. The Morgan fingerprint density at radius 2 is 0.797 bits per heavy atom. The third kappa shape index (κ3) is 6.10. The quantitative estimate of drug-likeness (QED) is 0.168. The van der Waals surface area contributed by atoms with Crippen LogP contribution >= 0.6 is 0 Å². The first-order chi connectivity index (χ1) is 31.2. The number of nitrogens with zero attached hydrogens (tertiary/aromatic N) is 5. The zero-order valence-electron chi connectivity index (χ0n) is 36.5. The lowest BCUT2D eigenvalue weighted by Crippen LogP contribution is -2.33. The number of aromatic nitrogens is 5. The molecule has 1 aliphatic rings. The minimum atomic E-state index is 0.141. The molecule has 1 aliphatic carbocycles. The second-order valence-corrected chi connectivity index (χ2v) is 18.7. The van der Waals surface area contributed by atoms with E-state index < -0.39 is 0 Å². The molecule has 8 aromatic carbocycles. The molecule has 0 atom stereocenters. The Morgan fingerprint density at radius 3 is 1.42 bits per heavy atom. The average molecular weight is 826 g/mol. The number of fused-ring (bicyclic) bond motifs is 8. The molecule has 11 aromatic rings. The summed E-state index contributed by atoms with van der Waals surface area (Å²) in [5.41, 5.74) is 15.3. The van der Waals surface area contributed by atoms with Gasteiger partial charge < -0.3 is 4.57 Å². The van der Waals surface area contributed by atoms with Crippen LogP contribution < -0.4 is 0 Å². The molecule has 3 aromatic heterocycles. The van der Waals surface area contributed by atoms with E-state index in [0.29, 0.717) is 17.6 Å². The molecule has 5 nitrogen and oxygen atoms in total. The van der Waals surface area contributed by atoms with Crippen molar-refractivity contribution in [2.24, 2.45) is 0 Å². The molecule has 3 heterocycles. The third-order valence-corrected chi connectivity index (χ3v) is 13.9. The van der Waals surface area contributed by atoms with Crippen molar-refractivity contribution in [1.29, 1.82) is 0 Å². The predicted molar refractivity (Wildman–Crippen MR) is 266 cm³/mol.